The number of halogens is 1. The van der Waals surface area contributed by atoms with Crippen molar-refractivity contribution in [1.29, 1.82) is 0 Å². The molecule has 2 saturated heterocycles. The normalized spacial score (nSPS) is 29.4. The smallest absolute Gasteiger partial charge is 0.242 e. The minimum absolute atomic E-state index is 0. The van der Waals surface area contributed by atoms with Crippen LogP contribution in [0.4, 0.5) is 0 Å². The van der Waals surface area contributed by atoms with Crippen molar-refractivity contribution >= 4 is 28.2 Å². The lowest BCUT2D eigenvalue weighted by Gasteiger charge is -2.39. The molecule has 1 atom stereocenters. The van der Waals surface area contributed by atoms with Gasteiger partial charge in [-0.25, -0.2) is 8.42 Å². The van der Waals surface area contributed by atoms with Crippen molar-refractivity contribution in [2.45, 2.75) is 24.6 Å². The Balaban J connectivity index is 0.00000180. The lowest BCUT2D eigenvalue weighted by molar-refractivity contribution is -0.136. The minimum Gasteiger partial charge on any atom is -0.378 e. The Morgan fingerprint density at radius 3 is 2.63 bits per heavy atom. The number of hydrogen-bond donors (Lipinski definition) is 1. The Hall–Kier alpha value is -0.370. The first-order chi connectivity index (χ1) is 8.33. The quantitative estimate of drug-likeness (QED) is 0.702. The number of carbonyl (C=O) groups excluding carboxylic acids is 1. The fourth-order valence-corrected chi connectivity index (χ4v) is 3.64. The highest BCUT2D eigenvalue weighted by Crippen LogP contribution is 2.24. The number of carbonyl (C=O) groups is 1. The molecule has 2 fully saturated rings. The van der Waals surface area contributed by atoms with Gasteiger partial charge < -0.3 is 15.0 Å². The highest BCUT2D eigenvalue weighted by atomic mass is 35.5. The van der Waals surface area contributed by atoms with E-state index in [2.05, 4.69) is 5.32 Å². The van der Waals surface area contributed by atoms with E-state index in [1.54, 1.807) is 18.7 Å². The van der Waals surface area contributed by atoms with Gasteiger partial charge in [-0.05, 0) is 13.8 Å². The summed E-state index contributed by atoms with van der Waals surface area (Å²) in [6, 6.07) is -0.338. The topological polar surface area (TPSA) is 75.7 Å². The van der Waals surface area contributed by atoms with Crippen LogP contribution in [0, 0.1) is 0 Å². The zero-order chi connectivity index (χ0) is 13.4. The largest absolute Gasteiger partial charge is 0.378 e. The summed E-state index contributed by atoms with van der Waals surface area (Å²) in [5.41, 5.74) is 0. The maximum absolute atomic E-state index is 12.2. The zero-order valence-electron chi connectivity index (χ0n) is 11.2. The monoisotopic (exact) mass is 312 g/mol. The zero-order valence-corrected chi connectivity index (χ0v) is 12.8. The molecule has 2 rings (SSSR count). The summed E-state index contributed by atoms with van der Waals surface area (Å²) >= 11 is 0. The average Bonchev–Trinajstić information content (AvgIpc) is 2.33. The molecule has 1 amide bonds. The molecule has 0 aromatic rings. The third kappa shape index (κ3) is 3.39. The molecule has 0 aromatic carbocycles. The van der Waals surface area contributed by atoms with Crippen molar-refractivity contribution in [2.75, 3.05) is 38.6 Å². The SMILES string of the molecule is CC1(C)CN(C(=O)C2COCCN2)CCS1(=O)=O.Cl. The number of nitrogens with zero attached hydrogens (tertiary/aromatic N) is 1. The van der Waals surface area contributed by atoms with Crippen molar-refractivity contribution in [1.82, 2.24) is 10.2 Å². The van der Waals surface area contributed by atoms with E-state index in [1.165, 1.54) is 0 Å². The van der Waals surface area contributed by atoms with Crippen LogP contribution in [-0.4, -0.2) is 68.6 Å². The molecular formula is C11H21ClN2O4S. The van der Waals surface area contributed by atoms with Gasteiger partial charge in [0.15, 0.2) is 9.84 Å². The minimum atomic E-state index is -3.10. The Bertz CT molecular complexity index is 432. The van der Waals surface area contributed by atoms with E-state index < -0.39 is 14.6 Å². The second-order valence-electron chi connectivity index (χ2n) is 5.42. The maximum Gasteiger partial charge on any atom is 0.242 e. The van der Waals surface area contributed by atoms with Crippen LogP contribution in [-0.2, 0) is 19.4 Å². The van der Waals surface area contributed by atoms with Gasteiger partial charge in [-0.3, -0.25) is 4.79 Å². The van der Waals surface area contributed by atoms with Crippen LogP contribution in [0.25, 0.3) is 0 Å². The first kappa shape index (κ1) is 16.7. The standard InChI is InChI=1S/C11H20N2O4S.ClH/c1-11(2)8-13(4-6-18(11,15)16)10(14)9-7-17-5-3-12-9;/h9,12H,3-8H2,1-2H3;1H. The second kappa shape index (κ2) is 5.95. The summed E-state index contributed by atoms with van der Waals surface area (Å²) in [6.45, 7) is 5.52. The summed E-state index contributed by atoms with van der Waals surface area (Å²) in [5.74, 6) is -0.0167. The predicted octanol–water partition coefficient (Wildman–Crippen LogP) is -0.568. The summed E-state index contributed by atoms with van der Waals surface area (Å²) in [6.07, 6.45) is 0. The molecule has 0 saturated carbocycles. The van der Waals surface area contributed by atoms with Crippen molar-refractivity contribution < 1.29 is 17.9 Å². The second-order valence-corrected chi connectivity index (χ2v) is 8.16. The number of morpholine rings is 1. The van der Waals surface area contributed by atoms with Gasteiger partial charge in [0.25, 0.3) is 0 Å². The number of nitrogens with one attached hydrogen (secondary N) is 1. The number of sulfone groups is 1. The molecule has 0 bridgehead atoms. The van der Waals surface area contributed by atoms with E-state index in [4.69, 9.17) is 4.74 Å². The van der Waals surface area contributed by atoms with Crippen molar-refractivity contribution in [3.63, 3.8) is 0 Å². The lowest BCUT2D eigenvalue weighted by Crippen LogP contribution is -2.60. The van der Waals surface area contributed by atoms with Crippen molar-refractivity contribution in [2.24, 2.45) is 0 Å². The van der Waals surface area contributed by atoms with Gasteiger partial charge in [-0.2, -0.15) is 0 Å². The molecule has 112 valence electrons. The van der Waals surface area contributed by atoms with Crippen LogP contribution in [0.1, 0.15) is 13.8 Å². The molecule has 0 aromatic heterocycles. The van der Waals surface area contributed by atoms with Crippen molar-refractivity contribution in [3.8, 4) is 0 Å². The van der Waals surface area contributed by atoms with Gasteiger partial charge >= 0.3 is 0 Å². The summed E-state index contributed by atoms with van der Waals surface area (Å²) in [7, 11) is -3.10. The van der Waals surface area contributed by atoms with Gasteiger partial charge in [0.2, 0.25) is 5.91 Å². The molecule has 6 nitrogen and oxygen atoms in total. The number of ether oxygens (including phenoxy) is 1. The summed E-state index contributed by atoms with van der Waals surface area (Å²) in [4.78, 5) is 13.9. The molecule has 0 radical (unpaired) electrons. The third-order valence-corrected chi connectivity index (χ3v) is 6.11. The Morgan fingerprint density at radius 1 is 1.42 bits per heavy atom. The maximum atomic E-state index is 12.2. The molecule has 2 heterocycles. The van der Waals surface area contributed by atoms with Gasteiger partial charge in [-0.1, -0.05) is 0 Å². The van der Waals surface area contributed by atoms with E-state index in [1.807, 2.05) is 0 Å². The molecule has 0 spiro atoms. The van der Waals surface area contributed by atoms with Crippen LogP contribution >= 0.6 is 12.4 Å². The molecule has 8 heteroatoms. The van der Waals surface area contributed by atoms with Gasteiger partial charge in [0.1, 0.15) is 6.04 Å². The van der Waals surface area contributed by atoms with Crippen LogP contribution in [0.2, 0.25) is 0 Å². The van der Waals surface area contributed by atoms with Crippen LogP contribution in [0.3, 0.4) is 0 Å². The highest BCUT2D eigenvalue weighted by Gasteiger charge is 2.42. The van der Waals surface area contributed by atoms with Crippen LogP contribution < -0.4 is 5.32 Å². The predicted molar refractivity (Wildman–Crippen MR) is 74.3 cm³/mol. The van der Waals surface area contributed by atoms with E-state index in [9.17, 15) is 13.2 Å². The molecule has 0 aliphatic carbocycles. The van der Waals surface area contributed by atoms with Crippen LogP contribution in [0.15, 0.2) is 0 Å². The Kier molecular flexibility index (Phi) is 5.22. The van der Waals surface area contributed by atoms with E-state index >= 15 is 0 Å². The Labute approximate surface area is 120 Å². The number of hydrogen-bond acceptors (Lipinski definition) is 5. The summed E-state index contributed by atoms with van der Waals surface area (Å²) < 4.78 is 28.1. The molecule has 1 unspecified atom stereocenters. The van der Waals surface area contributed by atoms with Gasteiger partial charge in [0.05, 0.1) is 23.7 Å². The first-order valence-electron chi connectivity index (χ1n) is 6.16. The van der Waals surface area contributed by atoms with Crippen molar-refractivity contribution in [3.05, 3.63) is 0 Å². The molecule has 1 N–H and O–H groups in total. The van der Waals surface area contributed by atoms with Gasteiger partial charge in [-0.15, -0.1) is 12.4 Å². The molecular weight excluding hydrogens is 292 g/mol. The average molecular weight is 313 g/mol. The molecule has 2 aliphatic heterocycles. The molecule has 19 heavy (non-hydrogen) atoms. The number of amides is 1. The third-order valence-electron chi connectivity index (χ3n) is 3.57. The number of rotatable bonds is 1. The van der Waals surface area contributed by atoms with Gasteiger partial charge in [0, 0.05) is 19.6 Å². The van der Waals surface area contributed by atoms with E-state index in [0.717, 1.165) is 0 Å². The Morgan fingerprint density at radius 2 is 2.11 bits per heavy atom. The van der Waals surface area contributed by atoms with Crippen LogP contribution in [0.5, 0.6) is 0 Å². The summed E-state index contributed by atoms with van der Waals surface area (Å²) in [5, 5.41) is 3.10. The highest BCUT2D eigenvalue weighted by molar-refractivity contribution is 7.92. The van der Waals surface area contributed by atoms with E-state index in [0.29, 0.717) is 19.8 Å². The lowest BCUT2D eigenvalue weighted by atomic mass is 10.1. The first-order valence-corrected chi connectivity index (χ1v) is 7.81. The fraction of sp³-hybridized carbons (Fsp3) is 0.909. The van der Waals surface area contributed by atoms with E-state index in [-0.39, 0.29) is 43.2 Å². The molecule has 2 aliphatic rings. The fourth-order valence-electron chi connectivity index (χ4n) is 2.28.